The van der Waals surface area contributed by atoms with Crippen LogP contribution in [0, 0.1) is 0 Å². The number of carbonyl (C=O) groups is 1. The first-order valence-corrected chi connectivity index (χ1v) is 6.92. The third-order valence-electron chi connectivity index (χ3n) is 2.88. The second kappa shape index (κ2) is 5.72. The van der Waals surface area contributed by atoms with Gasteiger partial charge in [-0.1, -0.05) is 53.5 Å². The lowest BCUT2D eigenvalue weighted by Gasteiger charge is -2.02. The molecule has 5 heteroatoms. The van der Waals surface area contributed by atoms with Gasteiger partial charge in [0.05, 0.1) is 10.6 Å². The van der Waals surface area contributed by atoms with Crippen LogP contribution in [-0.4, -0.2) is 11.9 Å². The molecule has 3 nitrogen and oxygen atoms in total. The highest BCUT2D eigenvalue weighted by molar-refractivity contribution is 6.36. The molecule has 0 aliphatic carbocycles. The van der Waals surface area contributed by atoms with Gasteiger partial charge in [-0.3, -0.25) is 0 Å². The Kier molecular flexibility index (Phi) is 3.78. The Balaban J connectivity index is 1.99. The van der Waals surface area contributed by atoms with E-state index in [4.69, 9.17) is 27.9 Å². The van der Waals surface area contributed by atoms with E-state index in [0.29, 0.717) is 15.6 Å². The Bertz CT molecular complexity index is 767. The first-order chi connectivity index (χ1) is 10.1. The molecule has 0 atom stereocenters. The molecule has 1 aliphatic heterocycles. The fourth-order valence-corrected chi connectivity index (χ4v) is 2.26. The number of cyclic esters (lactones) is 1. The van der Waals surface area contributed by atoms with Gasteiger partial charge in [0, 0.05) is 5.02 Å². The van der Waals surface area contributed by atoms with Crippen LogP contribution in [0.2, 0.25) is 10.0 Å². The zero-order valence-corrected chi connectivity index (χ0v) is 12.2. The number of rotatable bonds is 2. The predicted molar refractivity (Wildman–Crippen MR) is 83.5 cm³/mol. The van der Waals surface area contributed by atoms with E-state index in [2.05, 4.69) is 4.99 Å². The molecule has 3 rings (SSSR count). The highest BCUT2D eigenvalue weighted by Gasteiger charge is 2.25. The van der Waals surface area contributed by atoms with Crippen LogP contribution in [0.25, 0.3) is 6.08 Å². The van der Waals surface area contributed by atoms with E-state index < -0.39 is 5.97 Å². The number of hydrogen-bond acceptors (Lipinski definition) is 3. The van der Waals surface area contributed by atoms with Crippen molar-refractivity contribution in [3.8, 4) is 0 Å². The molecule has 1 heterocycles. The quantitative estimate of drug-likeness (QED) is 0.610. The van der Waals surface area contributed by atoms with Crippen LogP contribution in [-0.2, 0) is 9.53 Å². The highest BCUT2D eigenvalue weighted by Crippen LogP contribution is 2.26. The van der Waals surface area contributed by atoms with Gasteiger partial charge in [0.25, 0.3) is 0 Å². The van der Waals surface area contributed by atoms with E-state index in [0.717, 1.165) is 5.56 Å². The van der Waals surface area contributed by atoms with E-state index in [1.807, 2.05) is 30.3 Å². The molecule has 0 saturated carbocycles. The van der Waals surface area contributed by atoms with Crippen LogP contribution >= 0.6 is 23.2 Å². The van der Waals surface area contributed by atoms with E-state index in [1.54, 1.807) is 24.3 Å². The molecule has 0 N–H and O–H groups in total. The molecule has 1 aliphatic rings. The monoisotopic (exact) mass is 317 g/mol. The van der Waals surface area contributed by atoms with Crippen LogP contribution < -0.4 is 0 Å². The Morgan fingerprint density at radius 2 is 1.81 bits per heavy atom. The Labute approximate surface area is 131 Å². The lowest BCUT2D eigenvalue weighted by molar-refractivity contribution is -0.129. The average molecular weight is 318 g/mol. The molecule has 104 valence electrons. The summed E-state index contributed by atoms with van der Waals surface area (Å²) in [4.78, 5) is 16.1. The molecule has 0 fully saturated rings. The van der Waals surface area contributed by atoms with Gasteiger partial charge in [0.15, 0.2) is 5.70 Å². The van der Waals surface area contributed by atoms with Crippen molar-refractivity contribution in [2.24, 2.45) is 4.99 Å². The molecule has 2 aromatic rings. The van der Waals surface area contributed by atoms with Gasteiger partial charge in [-0.25, -0.2) is 9.79 Å². The minimum Gasteiger partial charge on any atom is -0.402 e. The number of aliphatic imine (C=N–C) groups is 1. The van der Waals surface area contributed by atoms with Crippen molar-refractivity contribution in [3.05, 3.63) is 75.4 Å². The minimum atomic E-state index is -0.509. The molecule has 0 radical (unpaired) electrons. The van der Waals surface area contributed by atoms with Crippen LogP contribution in [0.15, 0.2) is 59.2 Å². The largest absolute Gasteiger partial charge is 0.402 e. The smallest absolute Gasteiger partial charge is 0.363 e. The number of esters is 1. The fraction of sp³-hybridized carbons (Fsp3) is 0. The first kappa shape index (κ1) is 13.9. The lowest BCUT2D eigenvalue weighted by Crippen LogP contribution is -2.06. The number of halogens is 2. The molecule has 0 spiro atoms. The fourth-order valence-electron chi connectivity index (χ4n) is 1.89. The summed E-state index contributed by atoms with van der Waals surface area (Å²) in [6.45, 7) is 0. The van der Waals surface area contributed by atoms with Crippen LogP contribution in [0.3, 0.4) is 0 Å². The summed E-state index contributed by atoms with van der Waals surface area (Å²) in [5.74, 6) is -0.348. The second-order valence-electron chi connectivity index (χ2n) is 4.37. The standard InChI is InChI=1S/C16H9Cl2NO2/c17-11-6-7-13(18)12(9-11)15-19-14(16(20)21-15)8-10-4-2-1-3-5-10/h1-9H. The average Bonchev–Trinajstić information content (AvgIpc) is 2.84. The SMILES string of the molecule is O=C1OC(c2cc(Cl)ccc2Cl)=NC1=Cc1ccccc1. The van der Waals surface area contributed by atoms with Gasteiger partial charge in [0.2, 0.25) is 5.90 Å². The Hall–Kier alpha value is -2.10. The van der Waals surface area contributed by atoms with Crippen molar-refractivity contribution < 1.29 is 9.53 Å². The molecule has 0 bridgehead atoms. The van der Waals surface area contributed by atoms with Gasteiger partial charge >= 0.3 is 5.97 Å². The van der Waals surface area contributed by atoms with Crippen molar-refractivity contribution in [1.82, 2.24) is 0 Å². The summed E-state index contributed by atoms with van der Waals surface area (Å²) in [5, 5.41) is 0.917. The van der Waals surface area contributed by atoms with Crippen LogP contribution in [0.4, 0.5) is 0 Å². The Morgan fingerprint density at radius 3 is 2.57 bits per heavy atom. The summed E-state index contributed by atoms with van der Waals surface area (Å²) in [5.41, 5.74) is 1.59. The van der Waals surface area contributed by atoms with Crippen molar-refractivity contribution in [2.75, 3.05) is 0 Å². The zero-order valence-electron chi connectivity index (χ0n) is 10.7. The predicted octanol–water partition coefficient (Wildman–Crippen LogP) is 4.34. The number of benzene rings is 2. The molecule has 0 saturated heterocycles. The molecular formula is C16H9Cl2NO2. The first-order valence-electron chi connectivity index (χ1n) is 6.16. The number of nitrogens with zero attached hydrogens (tertiary/aromatic N) is 1. The van der Waals surface area contributed by atoms with Gasteiger partial charge in [-0.15, -0.1) is 0 Å². The molecule has 21 heavy (non-hydrogen) atoms. The van der Waals surface area contributed by atoms with Gasteiger partial charge < -0.3 is 4.74 Å². The third-order valence-corrected chi connectivity index (χ3v) is 3.45. The lowest BCUT2D eigenvalue weighted by atomic mass is 10.2. The maximum absolute atomic E-state index is 11.9. The molecule has 0 amide bonds. The minimum absolute atomic E-state index is 0.162. The number of ether oxygens (including phenoxy) is 1. The summed E-state index contributed by atoms with van der Waals surface area (Å²) >= 11 is 12.0. The van der Waals surface area contributed by atoms with Crippen molar-refractivity contribution >= 4 is 41.1 Å². The number of hydrogen-bond donors (Lipinski definition) is 0. The maximum Gasteiger partial charge on any atom is 0.363 e. The Morgan fingerprint density at radius 1 is 1.05 bits per heavy atom. The van der Waals surface area contributed by atoms with E-state index >= 15 is 0 Å². The molecular weight excluding hydrogens is 309 g/mol. The van der Waals surface area contributed by atoms with Crippen LogP contribution in [0.1, 0.15) is 11.1 Å². The van der Waals surface area contributed by atoms with Gasteiger partial charge in [-0.2, -0.15) is 0 Å². The van der Waals surface area contributed by atoms with E-state index in [1.165, 1.54) is 0 Å². The molecule has 0 aromatic heterocycles. The van der Waals surface area contributed by atoms with Gasteiger partial charge in [0.1, 0.15) is 0 Å². The maximum atomic E-state index is 11.9. The normalized spacial score (nSPS) is 16.0. The summed E-state index contributed by atoms with van der Waals surface area (Å²) in [6.07, 6.45) is 1.66. The zero-order chi connectivity index (χ0) is 14.8. The van der Waals surface area contributed by atoms with Crippen LogP contribution in [0.5, 0.6) is 0 Å². The third kappa shape index (κ3) is 2.99. The highest BCUT2D eigenvalue weighted by atomic mass is 35.5. The summed E-state index contributed by atoms with van der Waals surface area (Å²) in [7, 11) is 0. The number of carbonyl (C=O) groups excluding carboxylic acids is 1. The summed E-state index contributed by atoms with van der Waals surface area (Å²) in [6, 6.07) is 14.3. The summed E-state index contributed by atoms with van der Waals surface area (Å²) < 4.78 is 5.17. The second-order valence-corrected chi connectivity index (χ2v) is 5.21. The van der Waals surface area contributed by atoms with Crippen molar-refractivity contribution in [3.63, 3.8) is 0 Å². The molecule has 0 unspecified atom stereocenters. The van der Waals surface area contributed by atoms with E-state index in [-0.39, 0.29) is 11.6 Å². The van der Waals surface area contributed by atoms with Gasteiger partial charge in [-0.05, 0) is 29.8 Å². The topological polar surface area (TPSA) is 38.7 Å². The van der Waals surface area contributed by atoms with Crippen molar-refractivity contribution in [2.45, 2.75) is 0 Å². The van der Waals surface area contributed by atoms with Crippen molar-refractivity contribution in [1.29, 1.82) is 0 Å². The molecule has 2 aromatic carbocycles. The van der Waals surface area contributed by atoms with E-state index in [9.17, 15) is 4.79 Å².